The number of para-hydroxylation sites is 1. The molecule has 2 aliphatic rings. The van der Waals surface area contributed by atoms with Gasteiger partial charge in [0, 0.05) is 27.9 Å². The van der Waals surface area contributed by atoms with Crippen molar-refractivity contribution in [2.75, 3.05) is 31.1 Å². The molecule has 1 fully saturated rings. The third-order valence-electron chi connectivity index (χ3n) is 5.34. The molecule has 1 N–H and O–H groups in total. The number of nitrogens with zero attached hydrogens (tertiary/aromatic N) is 2. The zero-order valence-corrected chi connectivity index (χ0v) is 18.2. The Kier molecular flexibility index (Phi) is 7.13. The quantitative estimate of drug-likeness (QED) is 0.709. The fourth-order valence-corrected chi connectivity index (χ4v) is 5.11. The molecule has 1 saturated heterocycles. The summed E-state index contributed by atoms with van der Waals surface area (Å²) >= 11 is 1.77. The maximum absolute atomic E-state index is 12.4. The molecule has 0 unspecified atom stereocenters. The minimum Gasteiger partial charge on any atom is -0.341 e. The van der Waals surface area contributed by atoms with Crippen LogP contribution in [-0.4, -0.2) is 43.0 Å². The summed E-state index contributed by atoms with van der Waals surface area (Å²) in [6.45, 7) is 5.89. The number of amides is 1. The summed E-state index contributed by atoms with van der Waals surface area (Å²) in [6, 6.07) is 14.8. The van der Waals surface area contributed by atoms with E-state index in [0.717, 1.165) is 12.2 Å². The number of likely N-dealkylation sites (tertiary alicyclic amines) is 1. The van der Waals surface area contributed by atoms with E-state index >= 15 is 0 Å². The monoisotopic (exact) mass is 427 g/mol. The van der Waals surface area contributed by atoms with Crippen LogP contribution < -0.4 is 10.2 Å². The van der Waals surface area contributed by atoms with Crippen molar-refractivity contribution in [3.8, 4) is 12.3 Å². The highest BCUT2D eigenvalue weighted by Gasteiger charge is 2.29. The van der Waals surface area contributed by atoms with Gasteiger partial charge in [0.1, 0.15) is 0 Å². The number of benzene rings is 2. The minimum atomic E-state index is -0.128. The van der Waals surface area contributed by atoms with Crippen molar-refractivity contribution in [1.29, 1.82) is 0 Å². The molecule has 6 heteroatoms. The highest BCUT2D eigenvalue weighted by molar-refractivity contribution is 7.99. The average Bonchev–Trinajstić information content (AvgIpc) is 3.22. The smallest absolute Gasteiger partial charge is 0.252 e. The molecular formula is C23H26ClN3OS. The lowest BCUT2D eigenvalue weighted by Gasteiger charge is -2.39. The second kappa shape index (κ2) is 9.58. The summed E-state index contributed by atoms with van der Waals surface area (Å²) in [5, 5.41) is 2.77. The van der Waals surface area contributed by atoms with E-state index in [0.29, 0.717) is 11.6 Å². The average molecular weight is 428 g/mol. The first-order chi connectivity index (χ1) is 13.7. The Hall–Kier alpha value is -2.13. The van der Waals surface area contributed by atoms with E-state index in [1.807, 2.05) is 12.1 Å². The molecule has 4 rings (SSSR count). The summed E-state index contributed by atoms with van der Waals surface area (Å²) in [5.74, 6) is 2.33. The SMILES string of the molecule is C#CCNC(=O)c1ccc2c(c1)N([C@H](C)CN1CCCC1)c1ccccc1S2.Cl. The van der Waals surface area contributed by atoms with Crippen molar-refractivity contribution >= 4 is 41.5 Å². The maximum atomic E-state index is 12.4. The number of carbonyl (C=O) groups is 1. The first-order valence-electron chi connectivity index (χ1n) is 9.81. The molecule has 1 amide bonds. The van der Waals surface area contributed by atoms with E-state index in [1.165, 1.54) is 41.4 Å². The number of halogens is 1. The number of carbonyl (C=O) groups excluding carboxylic acids is 1. The Labute approximate surface area is 183 Å². The highest BCUT2D eigenvalue weighted by atomic mass is 35.5. The van der Waals surface area contributed by atoms with Gasteiger partial charge >= 0.3 is 0 Å². The molecule has 0 aliphatic carbocycles. The van der Waals surface area contributed by atoms with Crippen molar-refractivity contribution in [3.63, 3.8) is 0 Å². The number of hydrogen-bond acceptors (Lipinski definition) is 4. The number of anilines is 2. The molecular weight excluding hydrogens is 402 g/mol. The van der Waals surface area contributed by atoms with Crippen LogP contribution >= 0.6 is 24.2 Å². The van der Waals surface area contributed by atoms with Crippen LogP contribution in [0.15, 0.2) is 52.3 Å². The Bertz CT molecular complexity index is 921. The Morgan fingerprint density at radius 2 is 1.90 bits per heavy atom. The fourth-order valence-electron chi connectivity index (χ4n) is 4.05. The zero-order chi connectivity index (χ0) is 19.5. The van der Waals surface area contributed by atoms with Gasteiger partial charge in [0.2, 0.25) is 0 Å². The normalized spacial score (nSPS) is 16.2. The van der Waals surface area contributed by atoms with Gasteiger partial charge in [0.25, 0.3) is 5.91 Å². The van der Waals surface area contributed by atoms with Crippen molar-refractivity contribution in [2.24, 2.45) is 0 Å². The van der Waals surface area contributed by atoms with E-state index in [2.05, 4.69) is 58.3 Å². The molecule has 1 atom stereocenters. The number of hydrogen-bond donors (Lipinski definition) is 1. The molecule has 0 bridgehead atoms. The highest BCUT2D eigenvalue weighted by Crippen LogP contribution is 2.49. The van der Waals surface area contributed by atoms with Gasteiger partial charge in [0.15, 0.2) is 0 Å². The molecule has 0 spiro atoms. The number of rotatable bonds is 5. The number of terminal acetylenes is 1. The second-order valence-electron chi connectivity index (χ2n) is 7.37. The van der Waals surface area contributed by atoms with Gasteiger partial charge in [0.05, 0.1) is 17.9 Å². The molecule has 2 aliphatic heterocycles. The number of fused-ring (bicyclic) bond motifs is 2. The molecule has 0 saturated carbocycles. The molecule has 29 heavy (non-hydrogen) atoms. The van der Waals surface area contributed by atoms with Crippen molar-refractivity contribution < 1.29 is 4.79 Å². The summed E-state index contributed by atoms with van der Waals surface area (Å²) < 4.78 is 0. The largest absolute Gasteiger partial charge is 0.341 e. The van der Waals surface area contributed by atoms with Gasteiger partial charge in [-0.1, -0.05) is 29.8 Å². The first-order valence-corrected chi connectivity index (χ1v) is 10.6. The molecule has 2 aromatic rings. The Morgan fingerprint density at radius 3 is 2.66 bits per heavy atom. The van der Waals surface area contributed by atoms with Crippen LogP contribution in [-0.2, 0) is 0 Å². The van der Waals surface area contributed by atoms with E-state index in [9.17, 15) is 4.79 Å². The molecule has 0 aromatic heterocycles. The predicted octanol–water partition coefficient (Wildman–Crippen LogP) is 4.56. The van der Waals surface area contributed by atoms with Crippen LogP contribution in [0.1, 0.15) is 30.1 Å². The summed E-state index contributed by atoms with van der Waals surface area (Å²) in [6.07, 6.45) is 7.85. The van der Waals surface area contributed by atoms with Crippen LogP contribution in [0.25, 0.3) is 0 Å². The summed E-state index contributed by atoms with van der Waals surface area (Å²) in [7, 11) is 0. The molecule has 152 valence electrons. The van der Waals surface area contributed by atoms with Gasteiger partial charge in [-0.15, -0.1) is 18.8 Å². The minimum absolute atomic E-state index is 0. The third-order valence-corrected chi connectivity index (χ3v) is 6.47. The van der Waals surface area contributed by atoms with E-state index < -0.39 is 0 Å². The summed E-state index contributed by atoms with van der Waals surface area (Å²) in [4.78, 5) is 19.8. The third kappa shape index (κ3) is 4.56. The van der Waals surface area contributed by atoms with Crippen LogP contribution in [0.4, 0.5) is 11.4 Å². The lowest BCUT2D eigenvalue weighted by molar-refractivity contribution is 0.0958. The van der Waals surface area contributed by atoms with Crippen LogP contribution in [0.2, 0.25) is 0 Å². The molecule has 4 nitrogen and oxygen atoms in total. The van der Waals surface area contributed by atoms with E-state index in [1.54, 1.807) is 11.8 Å². The zero-order valence-electron chi connectivity index (χ0n) is 16.6. The van der Waals surface area contributed by atoms with Gasteiger partial charge in [-0.25, -0.2) is 0 Å². The van der Waals surface area contributed by atoms with Gasteiger partial charge in [-0.05, 0) is 63.2 Å². The summed E-state index contributed by atoms with van der Waals surface area (Å²) in [5.41, 5.74) is 2.96. The predicted molar refractivity (Wildman–Crippen MR) is 123 cm³/mol. The lowest BCUT2D eigenvalue weighted by Crippen LogP contribution is -2.40. The van der Waals surface area contributed by atoms with Gasteiger partial charge in [-0.3, -0.25) is 4.79 Å². The lowest BCUT2D eigenvalue weighted by atomic mass is 10.1. The van der Waals surface area contributed by atoms with Gasteiger partial charge < -0.3 is 15.1 Å². The van der Waals surface area contributed by atoms with E-state index in [-0.39, 0.29) is 24.9 Å². The van der Waals surface area contributed by atoms with Crippen molar-refractivity contribution in [3.05, 3.63) is 48.0 Å². The van der Waals surface area contributed by atoms with Crippen LogP contribution in [0, 0.1) is 12.3 Å². The maximum Gasteiger partial charge on any atom is 0.252 e. The second-order valence-corrected chi connectivity index (χ2v) is 8.45. The first kappa shape index (κ1) is 21.6. The van der Waals surface area contributed by atoms with Crippen LogP contribution in [0.3, 0.4) is 0 Å². The molecule has 2 aromatic carbocycles. The van der Waals surface area contributed by atoms with Crippen LogP contribution in [0.5, 0.6) is 0 Å². The van der Waals surface area contributed by atoms with Crippen molar-refractivity contribution in [1.82, 2.24) is 10.2 Å². The van der Waals surface area contributed by atoms with Gasteiger partial charge in [-0.2, -0.15) is 0 Å². The topological polar surface area (TPSA) is 35.6 Å². The fraction of sp³-hybridized carbons (Fsp3) is 0.348. The molecule has 0 radical (unpaired) electrons. The standard InChI is InChI=1S/C23H25N3OS.ClH/c1-3-12-24-23(27)18-10-11-22-20(15-18)26(17(2)16-25-13-6-7-14-25)19-8-4-5-9-21(19)28-22;/h1,4-5,8-11,15,17H,6-7,12-14,16H2,2H3,(H,24,27);1H/t17-;/m1./s1. The Morgan fingerprint density at radius 1 is 1.17 bits per heavy atom. The van der Waals surface area contributed by atoms with Crippen molar-refractivity contribution in [2.45, 2.75) is 35.6 Å². The number of nitrogens with one attached hydrogen (secondary N) is 1. The Balaban J connectivity index is 0.00000240. The van der Waals surface area contributed by atoms with E-state index in [4.69, 9.17) is 6.42 Å². The molecule has 2 heterocycles.